The van der Waals surface area contributed by atoms with E-state index in [0.717, 1.165) is 88.5 Å². The molecule has 8 heteroatoms. The summed E-state index contributed by atoms with van der Waals surface area (Å²) in [5, 5.41) is 4.41. The van der Waals surface area contributed by atoms with Crippen LogP contribution in [0.3, 0.4) is 0 Å². The van der Waals surface area contributed by atoms with Crippen molar-refractivity contribution in [2.45, 2.75) is 158 Å². The van der Waals surface area contributed by atoms with Gasteiger partial charge in [-0.05, 0) is 124 Å². The smallest absolute Gasteiger partial charge is 0.165 e. The van der Waals surface area contributed by atoms with Crippen LogP contribution in [-0.4, -0.2) is 39.9 Å². The molecule has 0 atom stereocenters. The number of benzene rings is 4. The third-order valence-corrected chi connectivity index (χ3v) is 14.3. The van der Waals surface area contributed by atoms with Gasteiger partial charge >= 0.3 is 0 Å². The summed E-state index contributed by atoms with van der Waals surface area (Å²) in [6.45, 7) is 18.2. The minimum absolute atomic E-state index is 0.638. The minimum Gasteiger partial charge on any atom is -0.324 e. The lowest BCUT2D eigenvalue weighted by Crippen LogP contribution is -2.08. The van der Waals surface area contributed by atoms with Crippen LogP contribution in [0.4, 0.5) is 0 Å². The summed E-state index contributed by atoms with van der Waals surface area (Å²) in [5.74, 6) is 2.68. The van der Waals surface area contributed by atoms with Crippen LogP contribution in [0.15, 0.2) is 48.5 Å². The van der Waals surface area contributed by atoms with Crippen LogP contribution in [0.1, 0.15) is 149 Å². The molecule has 0 amide bonds. The minimum atomic E-state index is 0.638. The first kappa shape index (κ1) is 43.5. The van der Waals surface area contributed by atoms with Crippen molar-refractivity contribution in [1.29, 1.82) is 0 Å². The van der Waals surface area contributed by atoms with E-state index in [4.69, 9.17) is 29.9 Å². The summed E-state index contributed by atoms with van der Waals surface area (Å²) >= 11 is 0. The molecule has 64 heavy (non-hydrogen) atoms. The highest BCUT2D eigenvalue weighted by atomic mass is 15.1. The average Bonchev–Trinajstić information content (AvgIpc) is 4.05. The van der Waals surface area contributed by atoms with Crippen molar-refractivity contribution in [3.8, 4) is 45.6 Å². The van der Waals surface area contributed by atoms with Crippen molar-refractivity contribution >= 4 is 44.1 Å². The molecule has 0 radical (unpaired) electrons. The summed E-state index contributed by atoms with van der Waals surface area (Å²) < 4.78 is 0. The second kappa shape index (κ2) is 18.8. The Kier molecular flexibility index (Phi) is 12.7. The van der Waals surface area contributed by atoms with Crippen LogP contribution in [0.2, 0.25) is 0 Å². The van der Waals surface area contributed by atoms with Gasteiger partial charge in [-0.25, -0.2) is 29.9 Å². The van der Waals surface area contributed by atoms with Crippen LogP contribution in [0.5, 0.6) is 0 Å². The Hall–Kier alpha value is -5.76. The molecule has 0 spiro atoms. The van der Waals surface area contributed by atoms with E-state index in [0.29, 0.717) is 28.9 Å². The summed E-state index contributed by atoms with van der Waals surface area (Å²) in [5.41, 5.74) is 18.2. The molecule has 9 rings (SSSR count). The lowest BCUT2D eigenvalue weighted by atomic mass is 9.82. The summed E-state index contributed by atoms with van der Waals surface area (Å²) in [6, 6.07) is 16.7. The third-order valence-electron chi connectivity index (χ3n) is 14.3. The lowest BCUT2D eigenvalue weighted by molar-refractivity contribution is 0.670. The molecule has 0 unspecified atom stereocenters. The van der Waals surface area contributed by atoms with Crippen LogP contribution in [0.25, 0.3) is 89.7 Å². The van der Waals surface area contributed by atoms with Gasteiger partial charge in [0.15, 0.2) is 23.3 Å². The van der Waals surface area contributed by atoms with Crippen LogP contribution in [-0.2, 0) is 25.7 Å². The van der Waals surface area contributed by atoms with Crippen molar-refractivity contribution in [3.05, 3.63) is 93.0 Å². The maximum absolute atomic E-state index is 5.76. The number of H-pyrrole nitrogens is 2. The van der Waals surface area contributed by atoms with E-state index in [1.54, 1.807) is 11.1 Å². The van der Waals surface area contributed by atoms with Crippen molar-refractivity contribution in [2.75, 3.05) is 0 Å². The fraction of sp³-hybridized carbons (Fsp3) is 0.429. The van der Waals surface area contributed by atoms with E-state index in [1.165, 1.54) is 108 Å². The number of aryl methyl sites for hydroxylation is 2. The van der Waals surface area contributed by atoms with Crippen molar-refractivity contribution < 1.29 is 0 Å². The molecule has 7 aromatic rings. The first-order valence-electron chi connectivity index (χ1n) is 24.6. The Bertz CT molecular complexity index is 3060. The largest absolute Gasteiger partial charge is 0.324 e. The van der Waals surface area contributed by atoms with E-state index >= 15 is 0 Å². The number of fused-ring (bicyclic) bond motifs is 20. The number of rotatable bonds is 16. The molecule has 0 fully saturated rings. The number of aromatic amines is 2. The van der Waals surface area contributed by atoms with Gasteiger partial charge < -0.3 is 9.97 Å². The predicted molar refractivity (Wildman–Crippen MR) is 268 cm³/mol. The van der Waals surface area contributed by atoms with E-state index in [-0.39, 0.29) is 0 Å². The van der Waals surface area contributed by atoms with Gasteiger partial charge in [-0.3, -0.25) is 0 Å². The highest BCUT2D eigenvalue weighted by Crippen LogP contribution is 2.44. The number of unbranched alkanes of at least 4 members (excludes halogenated alkanes) is 8. The second-order valence-electron chi connectivity index (χ2n) is 18.4. The highest BCUT2D eigenvalue weighted by molar-refractivity contribution is 6.10. The molecule has 2 aliphatic rings. The maximum atomic E-state index is 5.76. The standard InChI is InChI=1S/C56H66N8/c1-9-13-17-25-37-38(26-18-14-10-2)40(28-20-16-12-4)48-47(39(37)27-19-15-11-3)55-61-52-44-32-24-22-30-42(44)50(59-52)57-49-41-29-21-23-31-43(41)51(58-49)60-53-45-35(7)33(5)34(6)36(8)46(45)54(62-53)63-56(48)64-55/h21-24,29-32H,9-20,25-28H2,1-8H3,(H2,57,58,59,60,61,62,63,64). The van der Waals surface area contributed by atoms with Gasteiger partial charge in [0.2, 0.25) is 0 Å². The van der Waals surface area contributed by atoms with E-state index in [1.807, 2.05) is 0 Å². The zero-order chi connectivity index (χ0) is 44.5. The molecule has 8 bridgehead atoms. The summed E-state index contributed by atoms with van der Waals surface area (Å²) in [7, 11) is 0. The Labute approximate surface area is 379 Å². The van der Waals surface area contributed by atoms with Crippen molar-refractivity contribution in [3.63, 3.8) is 0 Å². The van der Waals surface area contributed by atoms with Gasteiger partial charge in [0, 0.05) is 43.8 Å². The normalized spacial score (nSPS) is 12.1. The fourth-order valence-electron chi connectivity index (χ4n) is 10.5. The van der Waals surface area contributed by atoms with Crippen LogP contribution < -0.4 is 0 Å². The molecule has 2 aliphatic heterocycles. The molecule has 5 heterocycles. The summed E-state index contributed by atoms with van der Waals surface area (Å²) in [4.78, 5) is 40.4. The monoisotopic (exact) mass is 851 g/mol. The molecule has 4 aromatic carbocycles. The van der Waals surface area contributed by atoms with Crippen LogP contribution in [0, 0.1) is 27.7 Å². The number of hydrogen-bond acceptors (Lipinski definition) is 6. The van der Waals surface area contributed by atoms with E-state index < -0.39 is 0 Å². The number of aromatic nitrogens is 8. The maximum Gasteiger partial charge on any atom is 0.165 e. The molecular formula is C56H66N8. The predicted octanol–water partition coefficient (Wildman–Crippen LogP) is 15.0. The van der Waals surface area contributed by atoms with Crippen molar-refractivity contribution in [2.24, 2.45) is 0 Å². The zero-order valence-electron chi connectivity index (χ0n) is 39.6. The van der Waals surface area contributed by atoms with Gasteiger partial charge in [-0.15, -0.1) is 0 Å². The Morgan fingerprint density at radius 2 is 0.703 bits per heavy atom. The van der Waals surface area contributed by atoms with Gasteiger partial charge in [-0.1, -0.05) is 128 Å². The van der Waals surface area contributed by atoms with E-state index in [9.17, 15) is 0 Å². The molecule has 0 aliphatic carbocycles. The third kappa shape index (κ3) is 7.81. The van der Waals surface area contributed by atoms with Gasteiger partial charge in [0.1, 0.15) is 22.6 Å². The average molecular weight is 851 g/mol. The zero-order valence-corrected chi connectivity index (χ0v) is 39.6. The molecule has 0 saturated carbocycles. The highest BCUT2D eigenvalue weighted by Gasteiger charge is 2.29. The fourth-order valence-corrected chi connectivity index (χ4v) is 10.5. The Balaban J connectivity index is 1.51. The van der Waals surface area contributed by atoms with Gasteiger partial charge in [0.25, 0.3) is 0 Å². The SMILES string of the molecule is CCCCCc1c(CCCCC)c(CCCCC)c2c3nc4nc(nc5[nH]c(nc6nc(nc([nH]3)c2c1CCCCC)-c1ccccc1-6)c1ccccc51)-c1c(C)c(C)c(C)c(C)c1-4. The summed E-state index contributed by atoms with van der Waals surface area (Å²) in [6.07, 6.45) is 18.4. The lowest BCUT2D eigenvalue weighted by Gasteiger charge is -2.22. The Morgan fingerprint density at radius 1 is 0.359 bits per heavy atom. The molecule has 8 nitrogen and oxygen atoms in total. The Morgan fingerprint density at radius 3 is 1.14 bits per heavy atom. The number of nitrogens with one attached hydrogen (secondary N) is 2. The molecule has 2 N–H and O–H groups in total. The molecule has 0 saturated heterocycles. The van der Waals surface area contributed by atoms with Gasteiger partial charge in [-0.2, -0.15) is 0 Å². The second-order valence-corrected chi connectivity index (χ2v) is 18.4. The van der Waals surface area contributed by atoms with E-state index in [2.05, 4.69) is 114 Å². The first-order valence-corrected chi connectivity index (χ1v) is 24.6. The molecule has 330 valence electrons. The number of hydrogen-bond donors (Lipinski definition) is 2. The number of nitrogens with zero attached hydrogens (tertiary/aromatic N) is 6. The quantitative estimate of drug-likeness (QED) is 0.0937. The van der Waals surface area contributed by atoms with Crippen molar-refractivity contribution in [1.82, 2.24) is 39.9 Å². The molecular weight excluding hydrogens is 785 g/mol. The molecule has 3 aromatic heterocycles. The topological polar surface area (TPSA) is 109 Å². The van der Waals surface area contributed by atoms with Crippen LogP contribution >= 0.6 is 0 Å². The first-order chi connectivity index (χ1) is 31.3. The van der Waals surface area contributed by atoms with Gasteiger partial charge in [0.05, 0.1) is 0 Å².